The lowest BCUT2D eigenvalue weighted by Gasteiger charge is -2.29. The second kappa shape index (κ2) is 6.03. The van der Waals surface area contributed by atoms with Crippen LogP contribution in [0.25, 0.3) is 0 Å². The normalized spacial score (nSPS) is 14.1. The van der Waals surface area contributed by atoms with Gasteiger partial charge >= 0.3 is 0 Å². The van der Waals surface area contributed by atoms with Crippen LogP contribution >= 0.6 is 0 Å². The summed E-state index contributed by atoms with van der Waals surface area (Å²) in [5.74, 6) is -4.03. The number of hydrogen-bond acceptors (Lipinski definition) is 8. The largest absolute Gasteiger partial charge is 0.249 e. The quantitative estimate of drug-likeness (QED) is 0.387. The Morgan fingerprint density at radius 1 is 0.529 bits per heavy atom. The highest BCUT2D eigenvalue weighted by atomic mass is 17.4. The zero-order chi connectivity index (χ0) is 13.7. The molecule has 0 spiro atoms. The Balaban J connectivity index is 4.13. The van der Waals surface area contributed by atoms with Crippen molar-refractivity contribution in [3.63, 3.8) is 0 Å². The van der Waals surface area contributed by atoms with Gasteiger partial charge in [0.2, 0.25) is 17.4 Å². The van der Waals surface area contributed by atoms with E-state index in [9.17, 15) is 0 Å². The first kappa shape index (κ1) is 16.7. The molecule has 104 valence electrons. The minimum Gasteiger partial charge on any atom is -0.249 e. The summed E-state index contributed by atoms with van der Waals surface area (Å²) in [6.07, 6.45) is 0. The van der Waals surface area contributed by atoms with Gasteiger partial charge in [-0.1, -0.05) is 0 Å². The van der Waals surface area contributed by atoms with Crippen molar-refractivity contribution in [3.05, 3.63) is 0 Å². The fourth-order valence-electron chi connectivity index (χ4n) is 0.446. The molecule has 0 radical (unpaired) electrons. The van der Waals surface area contributed by atoms with Gasteiger partial charge in [-0.05, 0) is 41.5 Å². The summed E-state index contributed by atoms with van der Waals surface area (Å²) in [6, 6.07) is 0. The Morgan fingerprint density at radius 2 is 0.765 bits per heavy atom. The number of rotatable bonds is 8. The molecular weight excluding hydrogens is 236 g/mol. The van der Waals surface area contributed by atoms with Crippen molar-refractivity contribution in [3.8, 4) is 0 Å². The van der Waals surface area contributed by atoms with Crippen LogP contribution < -0.4 is 0 Å². The Labute approximate surface area is 99.6 Å². The summed E-state index contributed by atoms with van der Waals surface area (Å²) < 4.78 is 0. The molecule has 0 bridgehead atoms. The summed E-state index contributed by atoms with van der Waals surface area (Å²) in [6.45, 7) is 8.65. The van der Waals surface area contributed by atoms with Crippen LogP contribution in [0.3, 0.4) is 0 Å². The second-order valence-corrected chi connectivity index (χ2v) is 4.72. The van der Waals surface area contributed by atoms with E-state index in [1.807, 2.05) is 0 Å². The topological polar surface area (TPSA) is 95.8 Å². The highest BCUT2D eigenvalue weighted by Gasteiger charge is 2.32. The SMILES string of the molecule is CC(C)(OO)OOC(C)(C)OOC(C)(C)OO. The second-order valence-electron chi connectivity index (χ2n) is 4.72. The first-order chi connectivity index (χ1) is 7.54. The zero-order valence-corrected chi connectivity index (χ0v) is 10.8. The maximum absolute atomic E-state index is 8.46. The molecule has 0 saturated heterocycles. The molecule has 0 aromatic heterocycles. The van der Waals surface area contributed by atoms with Crippen LogP contribution in [-0.2, 0) is 29.3 Å². The van der Waals surface area contributed by atoms with Gasteiger partial charge in [0.05, 0.1) is 0 Å². The van der Waals surface area contributed by atoms with Crippen molar-refractivity contribution >= 4 is 0 Å². The molecule has 0 amide bonds. The van der Waals surface area contributed by atoms with Crippen molar-refractivity contribution in [2.45, 2.75) is 58.9 Å². The molecule has 0 aliphatic rings. The third-order valence-corrected chi connectivity index (χ3v) is 1.33. The average molecular weight is 256 g/mol. The first-order valence-corrected chi connectivity index (χ1v) is 4.92. The van der Waals surface area contributed by atoms with E-state index in [1.165, 1.54) is 41.5 Å². The maximum Gasteiger partial charge on any atom is 0.228 e. The highest BCUT2D eigenvalue weighted by Crippen LogP contribution is 2.21. The van der Waals surface area contributed by atoms with Crippen LogP contribution in [0, 0.1) is 0 Å². The van der Waals surface area contributed by atoms with Gasteiger partial charge in [0.15, 0.2) is 0 Å². The van der Waals surface area contributed by atoms with Gasteiger partial charge in [0, 0.05) is 0 Å². The van der Waals surface area contributed by atoms with Gasteiger partial charge in [-0.25, -0.2) is 20.3 Å². The predicted molar refractivity (Wildman–Crippen MR) is 54.0 cm³/mol. The van der Waals surface area contributed by atoms with Gasteiger partial charge in [0.1, 0.15) is 0 Å². The van der Waals surface area contributed by atoms with Crippen molar-refractivity contribution in [1.82, 2.24) is 0 Å². The third-order valence-electron chi connectivity index (χ3n) is 1.33. The summed E-state index contributed by atoms with van der Waals surface area (Å²) in [5.41, 5.74) is 0. The van der Waals surface area contributed by atoms with Gasteiger partial charge in [-0.3, -0.25) is 0 Å². The smallest absolute Gasteiger partial charge is 0.228 e. The third kappa shape index (κ3) is 7.58. The van der Waals surface area contributed by atoms with E-state index in [1.54, 1.807) is 0 Å². The number of hydrogen-bond donors (Lipinski definition) is 2. The Morgan fingerprint density at radius 3 is 1.00 bits per heavy atom. The fraction of sp³-hybridized carbons (Fsp3) is 1.00. The molecular formula is C9H20O8. The van der Waals surface area contributed by atoms with Crippen LogP contribution in [0.5, 0.6) is 0 Å². The Bertz CT molecular complexity index is 203. The molecule has 0 fully saturated rings. The van der Waals surface area contributed by atoms with Gasteiger partial charge in [-0.2, -0.15) is 19.6 Å². The lowest BCUT2D eigenvalue weighted by atomic mass is 10.4. The molecule has 17 heavy (non-hydrogen) atoms. The monoisotopic (exact) mass is 256 g/mol. The van der Waals surface area contributed by atoms with Crippen molar-refractivity contribution < 1.29 is 39.8 Å². The standard InChI is InChI=1S/C9H20O8/c1-7(2,12-10)14-16-9(5,6)17-15-8(3,4)13-11/h10-11H,1-6H3. The van der Waals surface area contributed by atoms with E-state index in [4.69, 9.17) is 30.1 Å². The van der Waals surface area contributed by atoms with E-state index < -0.39 is 17.4 Å². The van der Waals surface area contributed by atoms with Crippen LogP contribution in [0.4, 0.5) is 0 Å². The Kier molecular flexibility index (Phi) is 5.91. The lowest BCUT2D eigenvalue weighted by Crippen LogP contribution is -2.38. The van der Waals surface area contributed by atoms with E-state index in [0.29, 0.717) is 0 Å². The van der Waals surface area contributed by atoms with Gasteiger partial charge in [-0.15, -0.1) is 0 Å². The Hall–Kier alpha value is -0.320. The molecule has 0 atom stereocenters. The molecule has 0 heterocycles. The minimum atomic E-state index is -1.36. The summed E-state index contributed by atoms with van der Waals surface area (Å²) in [7, 11) is 0. The molecule has 0 saturated carbocycles. The molecule has 0 aliphatic heterocycles. The molecule has 8 nitrogen and oxygen atoms in total. The van der Waals surface area contributed by atoms with E-state index in [2.05, 4.69) is 9.78 Å². The van der Waals surface area contributed by atoms with Crippen LogP contribution in [0.2, 0.25) is 0 Å². The van der Waals surface area contributed by atoms with E-state index in [-0.39, 0.29) is 0 Å². The molecule has 0 rings (SSSR count). The van der Waals surface area contributed by atoms with Gasteiger partial charge < -0.3 is 0 Å². The predicted octanol–water partition coefficient (Wildman–Crippen LogP) is 2.07. The molecule has 0 unspecified atom stereocenters. The minimum absolute atomic E-state index is 1.31. The van der Waals surface area contributed by atoms with Crippen molar-refractivity contribution in [2.75, 3.05) is 0 Å². The highest BCUT2D eigenvalue weighted by molar-refractivity contribution is 4.51. The molecule has 2 N–H and O–H groups in total. The van der Waals surface area contributed by atoms with Crippen LogP contribution in [0.1, 0.15) is 41.5 Å². The first-order valence-electron chi connectivity index (χ1n) is 4.92. The average Bonchev–Trinajstić information content (AvgIpc) is 2.25. The van der Waals surface area contributed by atoms with Crippen molar-refractivity contribution in [2.24, 2.45) is 0 Å². The molecule has 0 aliphatic carbocycles. The zero-order valence-electron chi connectivity index (χ0n) is 10.8. The summed E-state index contributed by atoms with van der Waals surface area (Å²) in [5, 5.41) is 16.9. The van der Waals surface area contributed by atoms with E-state index in [0.717, 1.165) is 0 Å². The van der Waals surface area contributed by atoms with Crippen LogP contribution in [-0.4, -0.2) is 27.9 Å². The van der Waals surface area contributed by atoms with Crippen LogP contribution in [0.15, 0.2) is 0 Å². The molecule has 0 aromatic rings. The van der Waals surface area contributed by atoms with Crippen molar-refractivity contribution in [1.29, 1.82) is 0 Å². The maximum atomic E-state index is 8.46. The summed E-state index contributed by atoms with van der Waals surface area (Å²) in [4.78, 5) is 27.2. The summed E-state index contributed by atoms with van der Waals surface area (Å²) >= 11 is 0. The van der Waals surface area contributed by atoms with Gasteiger partial charge in [0.25, 0.3) is 0 Å². The molecule has 0 aromatic carbocycles. The van der Waals surface area contributed by atoms with E-state index >= 15 is 0 Å². The molecule has 8 heteroatoms. The lowest BCUT2D eigenvalue weighted by molar-refractivity contribution is -0.593. The fourth-order valence-corrected chi connectivity index (χ4v) is 0.446.